The predicted molar refractivity (Wildman–Crippen MR) is 117 cm³/mol. The fraction of sp³-hybridized carbons (Fsp3) is 0.478. The van der Waals surface area contributed by atoms with Crippen molar-refractivity contribution in [3.8, 4) is 0 Å². The molecule has 2 heterocycles. The number of anilines is 2. The summed E-state index contributed by atoms with van der Waals surface area (Å²) in [5, 5.41) is 3.70. The van der Waals surface area contributed by atoms with Gasteiger partial charge in [0.15, 0.2) is 0 Å². The van der Waals surface area contributed by atoms with Crippen molar-refractivity contribution in [1.82, 2.24) is 0 Å². The van der Waals surface area contributed by atoms with Crippen LogP contribution in [0.2, 0.25) is 0 Å². The Morgan fingerprint density at radius 3 is 2.79 bits per heavy atom. The molecule has 0 saturated carbocycles. The molecule has 1 N–H and O–H groups in total. The summed E-state index contributed by atoms with van der Waals surface area (Å²) < 4.78 is 5.32. The molecular weight excluding hydrogens is 384 g/mol. The van der Waals surface area contributed by atoms with Gasteiger partial charge in [0.1, 0.15) is 5.00 Å². The van der Waals surface area contributed by atoms with Crippen LogP contribution in [-0.2, 0) is 28.8 Å². The Bertz CT molecular complexity index is 906. The van der Waals surface area contributed by atoms with E-state index in [0.717, 1.165) is 56.3 Å². The van der Waals surface area contributed by atoms with Crippen molar-refractivity contribution in [3.63, 3.8) is 0 Å². The molecule has 2 aromatic rings. The molecule has 0 spiro atoms. The van der Waals surface area contributed by atoms with Crippen molar-refractivity contribution in [2.24, 2.45) is 0 Å². The Labute approximate surface area is 176 Å². The predicted octanol–water partition coefficient (Wildman–Crippen LogP) is 4.59. The normalized spacial score (nSPS) is 15.8. The first kappa shape index (κ1) is 20.0. The lowest BCUT2D eigenvalue weighted by Gasteiger charge is -2.30. The van der Waals surface area contributed by atoms with Crippen molar-refractivity contribution in [2.75, 3.05) is 29.9 Å². The zero-order valence-corrected chi connectivity index (χ0v) is 17.8. The fourth-order valence-corrected chi connectivity index (χ4v) is 5.66. The Morgan fingerprint density at radius 1 is 1.10 bits per heavy atom. The molecule has 0 radical (unpaired) electrons. The molecule has 0 saturated heterocycles. The number of nitrogens with one attached hydrogen (secondary N) is 1. The molecular formula is C23H28N2O3S. The third-order valence-corrected chi connectivity index (χ3v) is 6.90. The van der Waals surface area contributed by atoms with Crippen molar-refractivity contribution in [2.45, 2.75) is 51.9 Å². The molecule has 4 rings (SSSR count). The SMILES string of the molecule is CCOC(=O)c1c(NC(=O)CN2CCCc3ccccc32)sc2c1CCCCC2. The molecule has 29 heavy (non-hydrogen) atoms. The smallest absolute Gasteiger partial charge is 0.341 e. The summed E-state index contributed by atoms with van der Waals surface area (Å²) in [5.41, 5.74) is 4.11. The van der Waals surface area contributed by atoms with Gasteiger partial charge >= 0.3 is 5.97 Å². The quantitative estimate of drug-likeness (QED) is 0.577. The number of carbonyl (C=O) groups excluding carboxylic acids is 2. The zero-order chi connectivity index (χ0) is 20.2. The minimum absolute atomic E-state index is 0.0799. The summed E-state index contributed by atoms with van der Waals surface area (Å²) in [5.74, 6) is -0.394. The van der Waals surface area contributed by atoms with Crippen LogP contribution in [-0.4, -0.2) is 31.6 Å². The first-order chi connectivity index (χ1) is 14.2. The molecule has 2 aliphatic rings. The van der Waals surface area contributed by atoms with Gasteiger partial charge in [0.25, 0.3) is 0 Å². The third kappa shape index (κ3) is 4.32. The van der Waals surface area contributed by atoms with E-state index in [9.17, 15) is 9.59 Å². The number of fused-ring (bicyclic) bond motifs is 2. The second-order valence-electron chi connectivity index (χ2n) is 7.69. The Kier molecular flexibility index (Phi) is 6.19. The van der Waals surface area contributed by atoms with Gasteiger partial charge in [-0.15, -0.1) is 11.3 Å². The number of para-hydroxylation sites is 1. The number of hydrogen-bond acceptors (Lipinski definition) is 5. The minimum atomic E-state index is -0.314. The molecule has 154 valence electrons. The van der Waals surface area contributed by atoms with Crippen molar-refractivity contribution in [3.05, 3.63) is 45.8 Å². The van der Waals surface area contributed by atoms with Crippen molar-refractivity contribution in [1.29, 1.82) is 0 Å². The molecule has 1 aromatic carbocycles. The molecule has 0 unspecified atom stereocenters. The van der Waals surface area contributed by atoms with Gasteiger partial charge in [-0.3, -0.25) is 4.79 Å². The number of rotatable bonds is 5. The van der Waals surface area contributed by atoms with E-state index in [1.807, 2.05) is 19.1 Å². The molecule has 5 nitrogen and oxygen atoms in total. The largest absolute Gasteiger partial charge is 0.462 e. The number of carbonyl (C=O) groups is 2. The van der Waals surface area contributed by atoms with E-state index in [-0.39, 0.29) is 11.9 Å². The van der Waals surface area contributed by atoms with Crippen LogP contribution in [0.1, 0.15) is 59.0 Å². The number of benzene rings is 1. The van der Waals surface area contributed by atoms with Crippen LogP contribution < -0.4 is 10.2 Å². The molecule has 1 amide bonds. The highest BCUT2D eigenvalue weighted by Crippen LogP contribution is 2.38. The number of amides is 1. The highest BCUT2D eigenvalue weighted by atomic mass is 32.1. The summed E-state index contributed by atoms with van der Waals surface area (Å²) in [6, 6.07) is 8.28. The second kappa shape index (κ2) is 8.99. The number of aryl methyl sites for hydroxylation is 2. The van der Waals surface area contributed by atoms with Gasteiger partial charge in [-0.2, -0.15) is 0 Å². The maximum Gasteiger partial charge on any atom is 0.341 e. The lowest BCUT2D eigenvalue weighted by molar-refractivity contribution is -0.115. The van der Waals surface area contributed by atoms with E-state index in [1.54, 1.807) is 11.3 Å². The number of nitrogens with zero attached hydrogens (tertiary/aromatic N) is 1. The monoisotopic (exact) mass is 412 g/mol. The summed E-state index contributed by atoms with van der Waals surface area (Å²) in [6.45, 7) is 3.31. The van der Waals surface area contributed by atoms with Crippen LogP contribution in [0.25, 0.3) is 0 Å². The zero-order valence-electron chi connectivity index (χ0n) is 17.0. The van der Waals surface area contributed by atoms with Gasteiger partial charge in [-0.05, 0) is 62.6 Å². The highest BCUT2D eigenvalue weighted by Gasteiger charge is 2.27. The minimum Gasteiger partial charge on any atom is -0.462 e. The molecule has 1 aliphatic heterocycles. The van der Waals surface area contributed by atoms with Crippen LogP contribution >= 0.6 is 11.3 Å². The summed E-state index contributed by atoms with van der Waals surface area (Å²) in [6.07, 6.45) is 7.35. The fourth-order valence-electron chi connectivity index (χ4n) is 4.37. The van der Waals surface area contributed by atoms with Crippen LogP contribution in [0.15, 0.2) is 24.3 Å². The van der Waals surface area contributed by atoms with Gasteiger partial charge in [-0.25, -0.2) is 4.79 Å². The van der Waals surface area contributed by atoms with Crippen molar-refractivity contribution >= 4 is 33.9 Å². The first-order valence-electron chi connectivity index (χ1n) is 10.6. The standard InChI is InChI=1S/C23H28N2O3S/c1-2-28-23(27)21-17-11-4-3-5-13-19(17)29-22(21)24-20(26)15-25-14-8-10-16-9-6-7-12-18(16)25/h6-7,9,12H,2-5,8,10-11,13-15H2,1H3,(H,24,26). The van der Waals surface area contributed by atoms with Gasteiger partial charge in [-0.1, -0.05) is 24.6 Å². The highest BCUT2D eigenvalue weighted by molar-refractivity contribution is 7.17. The molecule has 0 bridgehead atoms. The van der Waals surface area contributed by atoms with Crippen molar-refractivity contribution < 1.29 is 14.3 Å². The number of ether oxygens (including phenoxy) is 1. The topological polar surface area (TPSA) is 58.6 Å². The maximum atomic E-state index is 12.9. The lowest BCUT2D eigenvalue weighted by Crippen LogP contribution is -2.36. The Morgan fingerprint density at radius 2 is 1.93 bits per heavy atom. The number of hydrogen-bond donors (Lipinski definition) is 1. The average Bonchev–Trinajstić information content (AvgIpc) is 2.89. The second-order valence-corrected chi connectivity index (χ2v) is 8.80. The molecule has 0 atom stereocenters. The maximum absolute atomic E-state index is 12.9. The van der Waals surface area contributed by atoms with Crippen LogP contribution in [0.3, 0.4) is 0 Å². The van der Waals surface area contributed by atoms with E-state index in [0.29, 0.717) is 23.7 Å². The van der Waals surface area contributed by atoms with E-state index < -0.39 is 0 Å². The van der Waals surface area contributed by atoms with Crippen LogP contribution in [0.5, 0.6) is 0 Å². The van der Waals surface area contributed by atoms with Gasteiger partial charge in [0.05, 0.1) is 18.7 Å². The number of esters is 1. The van der Waals surface area contributed by atoms with E-state index in [4.69, 9.17) is 4.74 Å². The third-order valence-electron chi connectivity index (χ3n) is 5.69. The summed E-state index contributed by atoms with van der Waals surface area (Å²) in [7, 11) is 0. The van der Waals surface area contributed by atoms with Gasteiger partial charge in [0, 0.05) is 17.1 Å². The summed E-state index contributed by atoms with van der Waals surface area (Å²) in [4.78, 5) is 28.9. The van der Waals surface area contributed by atoms with Crippen LogP contribution in [0, 0.1) is 0 Å². The van der Waals surface area contributed by atoms with E-state index in [2.05, 4.69) is 22.3 Å². The lowest BCUT2D eigenvalue weighted by atomic mass is 10.0. The van der Waals surface area contributed by atoms with E-state index >= 15 is 0 Å². The molecule has 1 aromatic heterocycles. The van der Waals surface area contributed by atoms with Gasteiger partial charge < -0.3 is 15.0 Å². The van der Waals surface area contributed by atoms with Crippen LogP contribution in [0.4, 0.5) is 10.7 Å². The van der Waals surface area contributed by atoms with E-state index in [1.165, 1.54) is 16.9 Å². The van der Waals surface area contributed by atoms with Gasteiger partial charge in [0.2, 0.25) is 5.91 Å². The first-order valence-corrected chi connectivity index (χ1v) is 11.4. The Hall–Kier alpha value is -2.34. The molecule has 1 aliphatic carbocycles. The molecule has 0 fully saturated rings. The number of thiophene rings is 1. The molecule has 6 heteroatoms. The Balaban J connectivity index is 1.55. The average molecular weight is 413 g/mol. The summed E-state index contributed by atoms with van der Waals surface area (Å²) >= 11 is 1.55.